The van der Waals surface area contributed by atoms with Crippen LogP contribution in [-0.2, 0) is 19.4 Å². The molecule has 2 heterocycles. The molecule has 0 bridgehead atoms. The van der Waals surface area contributed by atoms with Gasteiger partial charge < -0.3 is 20.4 Å². The summed E-state index contributed by atoms with van der Waals surface area (Å²) < 4.78 is 7.45. The van der Waals surface area contributed by atoms with E-state index >= 15 is 0 Å². The van der Waals surface area contributed by atoms with Crippen LogP contribution in [0.3, 0.4) is 0 Å². The lowest BCUT2D eigenvalue weighted by Crippen LogP contribution is -2.25. The summed E-state index contributed by atoms with van der Waals surface area (Å²) in [6.07, 6.45) is 6.17. The van der Waals surface area contributed by atoms with Crippen molar-refractivity contribution in [1.29, 1.82) is 0 Å². The van der Waals surface area contributed by atoms with Gasteiger partial charge in [-0.15, -0.1) is 35.0 Å². The van der Waals surface area contributed by atoms with Crippen molar-refractivity contribution in [3.63, 3.8) is 0 Å². The normalized spacial score (nSPS) is 12.8. The van der Waals surface area contributed by atoms with Crippen LogP contribution in [0, 0.1) is 0 Å². The zero-order valence-electron chi connectivity index (χ0n) is 15.7. The Balaban J connectivity index is 0.00000196. The Morgan fingerprint density at radius 3 is 2.82 bits per heavy atom. The number of aromatic nitrogens is 3. The topological polar surface area (TPSA) is 95.1 Å². The number of carbonyl (C=O) groups is 1. The predicted molar refractivity (Wildman–Crippen MR) is 115 cm³/mol. The molecule has 3 rings (SSSR count). The molecule has 0 radical (unpaired) electrons. The molecule has 0 fully saturated rings. The first-order chi connectivity index (χ1) is 12.6. The summed E-state index contributed by atoms with van der Waals surface area (Å²) in [5, 5.41) is 11.8. The first kappa shape index (κ1) is 24.3. The second-order valence-corrected chi connectivity index (χ2v) is 6.84. The Bertz CT molecular complexity index is 798. The van der Waals surface area contributed by atoms with Crippen molar-refractivity contribution in [3.8, 4) is 5.75 Å². The highest BCUT2D eigenvalue weighted by atomic mass is 35.5. The molecule has 0 spiro atoms. The van der Waals surface area contributed by atoms with Gasteiger partial charge in [-0.25, -0.2) is 0 Å². The van der Waals surface area contributed by atoms with Crippen LogP contribution in [0.5, 0.6) is 5.75 Å². The third kappa shape index (κ3) is 5.65. The van der Waals surface area contributed by atoms with Gasteiger partial charge in [0, 0.05) is 32.0 Å². The number of ether oxygens (including phenoxy) is 1. The highest BCUT2D eigenvalue weighted by Crippen LogP contribution is 2.28. The summed E-state index contributed by atoms with van der Waals surface area (Å²) >= 11 is 6.02. The smallest absolute Gasteiger partial charge is 0.255 e. The summed E-state index contributed by atoms with van der Waals surface area (Å²) in [6, 6.07) is 3.09. The minimum absolute atomic E-state index is 0. The third-order valence-electron chi connectivity index (χ3n) is 4.61. The van der Waals surface area contributed by atoms with E-state index in [2.05, 4.69) is 20.1 Å². The van der Waals surface area contributed by atoms with Crippen LogP contribution in [0.1, 0.15) is 47.7 Å². The van der Waals surface area contributed by atoms with E-state index in [0.29, 0.717) is 28.6 Å². The van der Waals surface area contributed by atoms with E-state index in [1.807, 2.05) is 0 Å². The maximum absolute atomic E-state index is 12.4. The number of halogens is 3. The van der Waals surface area contributed by atoms with E-state index in [1.54, 1.807) is 6.07 Å². The van der Waals surface area contributed by atoms with Crippen LogP contribution in [0.2, 0.25) is 5.02 Å². The van der Waals surface area contributed by atoms with Gasteiger partial charge >= 0.3 is 0 Å². The summed E-state index contributed by atoms with van der Waals surface area (Å²) in [7, 11) is 1.50. The summed E-state index contributed by atoms with van der Waals surface area (Å²) in [6.45, 7) is 1.53. The lowest BCUT2D eigenvalue weighted by Gasteiger charge is -2.11. The first-order valence-corrected chi connectivity index (χ1v) is 9.30. The number of carbonyl (C=O) groups excluding carboxylic acids is 1. The van der Waals surface area contributed by atoms with Crippen molar-refractivity contribution in [1.82, 2.24) is 20.1 Å². The number of hydrogen-bond acceptors (Lipinski definition) is 5. The Labute approximate surface area is 182 Å². The van der Waals surface area contributed by atoms with Gasteiger partial charge in [0.1, 0.15) is 17.4 Å². The number of nitrogen functional groups attached to an aromatic ring is 1. The van der Waals surface area contributed by atoms with Crippen LogP contribution in [-0.4, -0.2) is 34.3 Å². The average Bonchev–Trinajstić information content (AvgIpc) is 2.86. The monoisotopic (exact) mass is 449 g/mol. The average molecular weight is 451 g/mol. The van der Waals surface area contributed by atoms with Gasteiger partial charge in [-0.3, -0.25) is 4.79 Å². The molecule has 0 saturated heterocycles. The molecular formula is C18H26Cl3N5O2. The lowest BCUT2D eigenvalue weighted by molar-refractivity contribution is 0.0950. The number of hydrogen-bond donors (Lipinski definition) is 2. The minimum Gasteiger partial charge on any atom is -0.496 e. The SMILES string of the molecule is COc1cc(N)c(Cl)cc1C(=O)NCCCc1nnc2n1CCCCC2.Cl.Cl. The summed E-state index contributed by atoms with van der Waals surface area (Å²) in [4.78, 5) is 12.4. The number of nitrogens with one attached hydrogen (secondary N) is 1. The molecule has 1 aromatic heterocycles. The largest absolute Gasteiger partial charge is 0.496 e. The molecule has 1 aliphatic rings. The molecule has 1 aromatic carbocycles. The number of benzene rings is 1. The Hall–Kier alpha value is -1.70. The number of amides is 1. The highest BCUT2D eigenvalue weighted by molar-refractivity contribution is 6.33. The summed E-state index contributed by atoms with van der Waals surface area (Å²) in [5.74, 6) is 2.27. The molecule has 3 N–H and O–H groups in total. The molecule has 28 heavy (non-hydrogen) atoms. The fourth-order valence-corrected chi connectivity index (χ4v) is 3.35. The molecular weight excluding hydrogens is 425 g/mol. The van der Waals surface area contributed by atoms with Gasteiger partial charge in [-0.05, 0) is 25.3 Å². The van der Waals surface area contributed by atoms with E-state index in [9.17, 15) is 4.79 Å². The van der Waals surface area contributed by atoms with Crippen LogP contribution in [0.25, 0.3) is 0 Å². The van der Waals surface area contributed by atoms with E-state index in [1.165, 1.54) is 32.4 Å². The van der Waals surface area contributed by atoms with Gasteiger partial charge in [0.15, 0.2) is 0 Å². The Morgan fingerprint density at radius 2 is 2.07 bits per heavy atom. The molecule has 2 aromatic rings. The van der Waals surface area contributed by atoms with E-state index < -0.39 is 0 Å². The van der Waals surface area contributed by atoms with E-state index in [-0.39, 0.29) is 30.7 Å². The van der Waals surface area contributed by atoms with Gasteiger partial charge in [-0.2, -0.15) is 0 Å². The fraction of sp³-hybridized carbons (Fsp3) is 0.500. The minimum atomic E-state index is -0.233. The molecule has 1 amide bonds. The third-order valence-corrected chi connectivity index (χ3v) is 4.94. The maximum Gasteiger partial charge on any atom is 0.255 e. The first-order valence-electron chi connectivity index (χ1n) is 8.92. The quantitative estimate of drug-likeness (QED) is 0.519. The van der Waals surface area contributed by atoms with Crippen molar-refractivity contribution in [2.75, 3.05) is 19.4 Å². The second kappa shape index (κ2) is 11.3. The zero-order valence-corrected chi connectivity index (χ0v) is 18.1. The van der Waals surface area contributed by atoms with E-state index in [4.69, 9.17) is 22.1 Å². The molecule has 156 valence electrons. The van der Waals surface area contributed by atoms with Gasteiger partial charge in [0.05, 0.1) is 23.4 Å². The molecule has 1 aliphatic heterocycles. The Kier molecular flexibility index (Phi) is 9.85. The number of fused-ring (bicyclic) bond motifs is 1. The molecule has 0 atom stereocenters. The summed E-state index contributed by atoms with van der Waals surface area (Å²) in [5.41, 5.74) is 6.51. The number of nitrogens with zero attached hydrogens (tertiary/aromatic N) is 3. The predicted octanol–water partition coefficient (Wildman–Crippen LogP) is 3.45. The number of anilines is 1. The van der Waals surface area contributed by atoms with Crippen LogP contribution < -0.4 is 15.8 Å². The number of nitrogens with two attached hydrogens (primary N) is 1. The van der Waals surface area contributed by atoms with E-state index in [0.717, 1.165) is 37.5 Å². The van der Waals surface area contributed by atoms with Crippen LogP contribution in [0.15, 0.2) is 12.1 Å². The molecule has 0 aliphatic carbocycles. The maximum atomic E-state index is 12.4. The highest BCUT2D eigenvalue weighted by Gasteiger charge is 2.16. The molecule has 0 unspecified atom stereocenters. The Morgan fingerprint density at radius 1 is 1.29 bits per heavy atom. The van der Waals surface area contributed by atoms with Crippen molar-refractivity contribution in [2.24, 2.45) is 0 Å². The van der Waals surface area contributed by atoms with Crippen molar-refractivity contribution < 1.29 is 9.53 Å². The molecule has 7 nitrogen and oxygen atoms in total. The fourth-order valence-electron chi connectivity index (χ4n) is 3.19. The molecule has 0 saturated carbocycles. The van der Waals surface area contributed by atoms with Gasteiger partial charge in [-0.1, -0.05) is 18.0 Å². The molecule has 10 heteroatoms. The van der Waals surface area contributed by atoms with Crippen molar-refractivity contribution in [2.45, 2.75) is 45.1 Å². The second-order valence-electron chi connectivity index (χ2n) is 6.43. The standard InChI is InChI=1S/C18H24ClN5O2.2ClH/c1-26-15-11-14(20)13(19)10-12(15)18(25)21-8-5-7-17-23-22-16-6-3-2-4-9-24(16)17;;/h10-11H,2-9,20H2,1H3,(H,21,25);2*1H. The number of methoxy groups -OCH3 is 1. The van der Waals surface area contributed by atoms with Crippen LogP contribution >= 0.6 is 36.4 Å². The van der Waals surface area contributed by atoms with Gasteiger partial charge in [0.25, 0.3) is 5.91 Å². The van der Waals surface area contributed by atoms with Crippen molar-refractivity contribution in [3.05, 3.63) is 34.4 Å². The number of rotatable bonds is 6. The van der Waals surface area contributed by atoms with Crippen molar-refractivity contribution >= 4 is 48.0 Å². The zero-order chi connectivity index (χ0) is 18.5. The van der Waals surface area contributed by atoms with Gasteiger partial charge in [0.2, 0.25) is 0 Å². The number of aryl methyl sites for hydroxylation is 2. The lowest BCUT2D eigenvalue weighted by atomic mass is 10.1. The van der Waals surface area contributed by atoms with Crippen LogP contribution in [0.4, 0.5) is 5.69 Å².